The van der Waals surface area contributed by atoms with E-state index in [4.69, 9.17) is 0 Å². The van der Waals surface area contributed by atoms with Gasteiger partial charge in [0.05, 0.1) is 6.54 Å². The highest BCUT2D eigenvalue weighted by Gasteiger charge is 2.33. The fourth-order valence-electron chi connectivity index (χ4n) is 2.21. The van der Waals surface area contributed by atoms with Crippen molar-refractivity contribution < 1.29 is 18.0 Å². The maximum atomic E-state index is 12.7. The van der Waals surface area contributed by atoms with Crippen LogP contribution in [0.5, 0.6) is 0 Å². The molecule has 1 aliphatic rings. The number of aromatic nitrogens is 2. The van der Waals surface area contributed by atoms with Gasteiger partial charge >= 0.3 is 6.18 Å². The Balaban J connectivity index is 1.89. The smallest absolute Gasteiger partial charge is 0.352 e. The van der Waals surface area contributed by atoms with Gasteiger partial charge < -0.3 is 10.2 Å². The molecule has 1 fully saturated rings. The normalized spacial score (nSPS) is 16.2. The van der Waals surface area contributed by atoms with Crippen LogP contribution >= 0.6 is 0 Å². The first kappa shape index (κ1) is 17.2. The van der Waals surface area contributed by atoms with E-state index >= 15 is 0 Å². The lowest BCUT2D eigenvalue weighted by Gasteiger charge is -2.34. The van der Waals surface area contributed by atoms with Gasteiger partial charge in [-0.05, 0) is 6.07 Å². The first-order valence-corrected chi connectivity index (χ1v) is 7.15. The molecule has 1 aliphatic heterocycles. The summed E-state index contributed by atoms with van der Waals surface area (Å²) in [6.45, 7) is 6.24. The molecule has 0 atom stereocenters. The Morgan fingerprint density at radius 3 is 2.65 bits per heavy atom. The third kappa shape index (κ3) is 4.92. The summed E-state index contributed by atoms with van der Waals surface area (Å²) in [5, 5.41) is 2.68. The number of nitrogens with zero attached hydrogens (tertiary/aromatic N) is 4. The summed E-state index contributed by atoms with van der Waals surface area (Å²) in [7, 11) is 0. The Morgan fingerprint density at radius 1 is 1.35 bits per heavy atom. The molecule has 126 valence electrons. The molecule has 0 spiro atoms. The summed E-state index contributed by atoms with van der Waals surface area (Å²) in [6, 6.07) is 0.851. The number of carbonyl (C=O) groups is 1. The van der Waals surface area contributed by atoms with E-state index in [0.29, 0.717) is 32.7 Å². The highest BCUT2D eigenvalue weighted by atomic mass is 19.4. The summed E-state index contributed by atoms with van der Waals surface area (Å²) in [5.74, 6) is -0.0377. The van der Waals surface area contributed by atoms with Crippen LogP contribution in [0.3, 0.4) is 0 Å². The zero-order valence-electron chi connectivity index (χ0n) is 12.5. The lowest BCUT2D eigenvalue weighted by atomic mass is 10.3. The molecule has 2 heterocycles. The fraction of sp³-hybridized carbons (Fsp3) is 0.500. The average Bonchev–Trinajstić information content (AvgIpc) is 2.53. The number of hydrogen-bond acceptors (Lipinski definition) is 5. The highest BCUT2D eigenvalue weighted by Crippen LogP contribution is 2.28. The van der Waals surface area contributed by atoms with Crippen LogP contribution in [-0.4, -0.2) is 60.0 Å². The summed E-state index contributed by atoms with van der Waals surface area (Å²) >= 11 is 0. The van der Waals surface area contributed by atoms with Crippen LogP contribution in [0.1, 0.15) is 5.69 Å². The maximum absolute atomic E-state index is 12.7. The van der Waals surface area contributed by atoms with E-state index in [1.54, 1.807) is 11.0 Å². The lowest BCUT2D eigenvalue weighted by Crippen LogP contribution is -2.50. The lowest BCUT2D eigenvalue weighted by molar-refractivity contribution is -0.141. The second-order valence-corrected chi connectivity index (χ2v) is 5.10. The van der Waals surface area contributed by atoms with Gasteiger partial charge in [0.1, 0.15) is 5.69 Å². The molecule has 1 N–H and O–H groups in total. The zero-order valence-corrected chi connectivity index (χ0v) is 12.5. The van der Waals surface area contributed by atoms with E-state index in [-0.39, 0.29) is 18.4 Å². The zero-order chi connectivity index (χ0) is 16.9. The van der Waals surface area contributed by atoms with Crippen molar-refractivity contribution in [2.24, 2.45) is 0 Å². The second-order valence-electron chi connectivity index (χ2n) is 5.10. The molecular weight excluding hydrogens is 311 g/mol. The molecule has 0 unspecified atom stereocenters. The van der Waals surface area contributed by atoms with E-state index in [2.05, 4.69) is 21.9 Å². The van der Waals surface area contributed by atoms with Crippen molar-refractivity contribution in [3.05, 3.63) is 30.6 Å². The third-order valence-electron chi connectivity index (χ3n) is 3.40. The number of hydrogen-bond donors (Lipinski definition) is 1. The van der Waals surface area contributed by atoms with Crippen molar-refractivity contribution >= 4 is 11.9 Å². The minimum absolute atomic E-state index is 0.0654. The molecule has 2 rings (SSSR count). The van der Waals surface area contributed by atoms with Crippen LogP contribution in [0.2, 0.25) is 0 Å². The largest absolute Gasteiger partial charge is 0.433 e. The van der Waals surface area contributed by atoms with Gasteiger partial charge in [-0.25, -0.2) is 9.97 Å². The van der Waals surface area contributed by atoms with Crippen molar-refractivity contribution in [3.63, 3.8) is 0 Å². The molecule has 23 heavy (non-hydrogen) atoms. The molecule has 1 amide bonds. The molecule has 6 nitrogen and oxygen atoms in total. The number of halogens is 3. The molecule has 0 aliphatic carbocycles. The van der Waals surface area contributed by atoms with Gasteiger partial charge in [0, 0.05) is 38.9 Å². The van der Waals surface area contributed by atoms with Crippen LogP contribution < -0.4 is 10.2 Å². The molecule has 0 saturated carbocycles. The monoisotopic (exact) mass is 329 g/mol. The van der Waals surface area contributed by atoms with E-state index in [1.807, 2.05) is 4.90 Å². The Morgan fingerprint density at radius 2 is 2.04 bits per heavy atom. The molecular formula is C14H18F3N5O. The summed E-state index contributed by atoms with van der Waals surface area (Å²) in [5.41, 5.74) is -0.950. The molecule has 0 aromatic carbocycles. The number of rotatable bonds is 5. The van der Waals surface area contributed by atoms with Gasteiger partial charge in [-0.3, -0.25) is 9.69 Å². The van der Waals surface area contributed by atoms with Crippen molar-refractivity contribution in [3.8, 4) is 0 Å². The topological polar surface area (TPSA) is 61.4 Å². The van der Waals surface area contributed by atoms with Gasteiger partial charge in [-0.2, -0.15) is 13.2 Å². The van der Waals surface area contributed by atoms with Crippen molar-refractivity contribution in [1.29, 1.82) is 0 Å². The maximum Gasteiger partial charge on any atom is 0.433 e. The van der Waals surface area contributed by atoms with Crippen molar-refractivity contribution in [2.75, 3.05) is 44.2 Å². The SMILES string of the molecule is C=CCNC(=O)CN1CCN(c2nccc(C(F)(F)F)n2)CC1. The molecule has 0 bridgehead atoms. The van der Waals surface area contributed by atoms with Crippen LogP contribution in [0, 0.1) is 0 Å². The first-order chi connectivity index (χ1) is 10.9. The molecule has 1 aromatic rings. The van der Waals surface area contributed by atoms with Gasteiger partial charge in [-0.1, -0.05) is 6.08 Å². The second kappa shape index (κ2) is 7.40. The van der Waals surface area contributed by atoms with Crippen LogP contribution in [0.15, 0.2) is 24.9 Å². The molecule has 1 aromatic heterocycles. The van der Waals surface area contributed by atoms with Gasteiger partial charge in [0.2, 0.25) is 11.9 Å². The van der Waals surface area contributed by atoms with E-state index < -0.39 is 11.9 Å². The standard InChI is InChI=1S/C14H18F3N5O/c1-2-4-18-12(23)10-21-6-8-22(9-7-21)13-19-5-3-11(20-13)14(15,16)17/h2-3,5H,1,4,6-10H2,(H,18,23). The van der Waals surface area contributed by atoms with Crippen molar-refractivity contribution in [1.82, 2.24) is 20.2 Å². The molecule has 9 heteroatoms. The molecule has 1 saturated heterocycles. The third-order valence-corrected chi connectivity index (χ3v) is 3.40. The van der Waals surface area contributed by atoms with Gasteiger partial charge in [-0.15, -0.1) is 6.58 Å². The Labute approximate surface area is 132 Å². The predicted octanol–water partition coefficient (Wildman–Crippen LogP) is 0.920. The summed E-state index contributed by atoms with van der Waals surface area (Å²) in [4.78, 5) is 22.7. The van der Waals surface area contributed by atoms with Crippen LogP contribution in [0.4, 0.5) is 19.1 Å². The van der Waals surface area contributed by atoms with Crippen LogP contribution in [-0.2, 0) is 11.0 Å². The number of carbonyl (C=O) groups excluding carboxylic acids is 1. The number of piperazine rings is 1. The number of anilines is 1. The van der Waals surface area contributed by atoms with E-state index in [9.17, 15) is 18.0 Å². The first-order valence-electron chi connectivity index (χ1n) is 7.15. The minimum atomic E-state index is -4.48. The Hall–Kier alpha value is -2.16. The number of amides is 1. The van der Waals surface area contributed by atoms with E-state index in [1.165, 1.54) is 0 Å². The average molecular weight is 329 g/mol. The Kier molecular flexibility index (Phi) is 5.54. The minimum Gasteiger partial charge on any atom is -0.352 e. The van der Waals surface area contributed by atoms with Gasteiger partial charge in [0.15, 0.2) is 0 Å². The van der Waals surface area contributed by atoms with Gasteiger partial charge in [0.25, 0.3) is 0 Å². The summed E-state index contributed by atoms with van der Waals surface area (Å²) < 4.78 is 38.0. The predicted molar refractivity (Wildman–Crippen MR) is 78.9 cm³/mol. The van der Waals surface area contributed by atoms with E-state index in [0.717, 1.165) is 12.3 Å². The van der Waals surface area contributed by atoms with Crippen LogP contribution in [0.25, 0.3) is 0 Å². The Bertz CT molecular complexity index is 556. The summed E-state index contributed by atoms with van der Waals surface area (Å²) in [6.07, 6.45) is -1.77. The number of nitrogens with one attached hydrogen (secondary N) is 1. The quantitative estimate of drug-likeness (QED) is 0.814. The fourth-order valence-corrected chi connectivity index (χ4v) is 2.21. The molecule has 0 radical (unpaired) electrons. The van der Waals surface area contributed by atoms with Crippen molar-refractivity contribution in [2.45, 2.75) is 6.18 Å². The number of alkyl halides is 3. The highest BCUT2D eigenvalue weighted by molar-refractivity contribution is 5.78.